The minimum Gasteiger partial charge on any atom is -0.327 e. The molecule has 1 aromatic carbocycles. The molecule has 1 aromatic rings. The van der Waals surface area contributed by atoms with E-state index in [-0.39, 0.29) is 24.5 Å². The molecule has 2 heterocycles. The Hall–Kier alpha value is -2.33. The van der Waals surface area contributed by atoms with Crippen LogP contribution < -0.4 is 0 Å². The van der Waals surface area contributed by atoms with E-state index in [4.69, 9.17) is 0 Å². The third-order valence-electron chi connectivity index (χ3n) is 5.97. The number of likely N-dealkylation sites (tertiary alicyclic amines) is 1. The third kappa shape index (κ3) is 4.23. The SMILES string of the molecule is C[N+]1(C)CC(c2ccc(C3=C(C4=NCN=N4)C(S(C)(=O)=O)=C(C(F)(F)F)CC3)cc2)C1. The highest BCUT2D eigenvalue weighted by atomic mass is 32.2. The molecule has 1 fully saturated rings. The molecule has 0 unspecified atom stereocenters. The molecule has 3 aliphatic rings. The molecule has 0 N–H and O–H groups in total. The van der Waals surface area contributed by atoms with Crippen molar-refractivity contribution < 1.29 is 26.1 Å². The quantitative estimate of drug-likeness (QED) is 0.645. The topological polar surface area (TPSA) is 71.2 Å². The third-order valence-corrected chi connectivity index (χ3v) is 7.17. The Kier molecular flexibility index (Phi) is 5.20. The Labute approximate surface area is 179 Å². The number of halogens is 3. The number of hydrogen-bond acceptors (Lipinski definition) is 5. The van der Waals surface area contributed by atoms with Gasteiger partial charge in [0.15, 0.2) is 22.3 Å². The summed E-state index contributed by atoms with van der Waals surface area (Å²) in [5.41, 5.74) is 1.23. The first kappa shape index (κ1) is 21.9. The minimum absolute atomic E-state index is 0.0286. The second kappa shape index (κ2) is 7.37. The second-order valence-corrected chi connectivity index (χ2v) is 10.9. The van der Waals surface area contributed by atoms with Gasteiger partial charge in [-0.05, 0) is 29.5 Å². The Bertz CT molecular complexity index is 1140. The molecule has 0 atom stereocenters. The number of amidine groups is 1. The fourth-order valence-corrected chi connectivity index (χ4v) is 5.90. The van der Waals surface area contributed by atoms with Gasteiger partial charge < -0.3 is 4.48 Å². The van der Waals surface area contributed by atoms with Gasteiger partial charge in [0.1, 0.15) is 0 Å². The lowest BCUT2D eigenvalue weighted by molar-refractivity contribution is -0.932. The fourth-order valence-electron chi connectivity index (χ4n) is 4.65. The van der Waals surface area contributed by atoms with Crippen LogP contribution in [0, 0.1) is 0 Å². The number of alkyl halides is 3. The molecular formula is C21H24F3N4O2S+. The van der Waals surface area contributed by atoms with E-state index in [1.807, 2.05) is 24.3 Å². The summed E-state index contributed by atoms with van der Waals surface area (Å²) < 4.78 is 67.2. The summed E-state index contributed by atoms with van der Waals surface area (Å²) in [5.74, 6) is 0.388. The van der Waals surface area contributed by atoms with Crippen molar-refractivity contribution in [2.24, 2.45) is 15.2 Å². The summed E-state index contributed by atoms with van der Waals surface area (Å²) in [7, 11) is 0.132. The van der Waals surface area contributed by atoms with Crippen LogP contribution in [-0.4, -0.2) is 65.0 Å². The van der Waals surface area contributed by atoms with E-state index in [1.165, 1.54) is 5.56 Å². The van der Waals surface area contributed by atoms with E-state index in [2.05, 4.69) is 29.3 Å². The van der Waals surface area contributed by atoms with E-state index in [9.17, 15) is 21.6 Å². The van der Waals surface area contributed by atoms with Crippen LogP contribution >= 0.6 is 0 Å². The van der Waals surface area contributed by atoms with Gasteiger partial charge in [0.25, 0.3) is 0 Å². The maximum absolute atomic E-state index is 13.7. The van der Waals surface area contributed by atoms with Gasteiger partial charge in [-0.15, -0.1) is 5.11 Å². The van der Waals surface area contributed by atoms with Crippen molar-refractivity contribution in [2.45, 2.75) is 24.9 Å². The number of quaternary nitrogens is 1. The summed E-state index contributed by atoms with van der Waals surface area (Å²) in [5, 5.41) is 7.58. The largest absolute Gasteiger partial charge is 0.413 e. The van der Waals surface area contributed by atoms with Crippen molar-refractivity contribution in [2.75, 3.05) is 40.1 Å². The highest BCUT2D eigenvalue weighted by molar-refractivity contribution is 7.94. The number of sulfone groups is 1. The van der Waals surface area contributed by atoms with Gasteiger partial charge >= 0.3 is 6.18 Å². The summed E-state index contributed by atoms with van der Waals surface area (Å²) in [6.07, 6.45) is -4.33. The van der Waals surface area contributed by atoms with Gasteiger partial charge in [-0.3, -0.25) is 0 Å². The molecular weight excluding hydrogens is 429 g/mol. The summed E-state index contributed by atoms with van der Waals surface area (Å²) >= 11 is 0. The number of allylic oxidation sites excluding steroid dienone is 2. The smallest absolute Gasteiger partial charge is 0.327 e. The number of nitrogens with zero attached hydrogens (tertiary/aromatic N) is 4. The first-order valence-corrected chi connectivity index (χ1v) is 11.8. The summed E-state index contributed by atoms with van der Waals surface area (Å²) in [6, 6.07) is 7.66. The van der Waals surface area contributed by atoms with Gasteiger partial charge in [0, 0.05) is 11.8 Å². The van der Waals surface area contributed by atoms with E-state index in [0.29, 0.717) is 17.1 Å². The molecule has 2 aliphatic heterocycles. The van der Waals surface area contributed by atoms with Crippen LogP contribution in [0.4, 0.5) is 13.2 Å². The number of aliphatic imine (C=N–C) groups is 1. The van der Waals surface area contributed by atoms with Crippen LogP contribution in [0.3, 0.4) is 0 Å². The van der Waals surface area contributed by atoms with Crippen molar-refractivity contribution in [1.82, 2.24) is 0 Å². The maximum atomic E-state index is 13.7. The average Bonchev–Trinajstić information content (AvgIpc) is 3.18. The standard InChI is InChI=1S/C21H24F3N4O2S/c1-28(2)10-15(11-28)13-4-6-14(7-5-13)16-8-9-17(21(22,23)24)19(31(3,29)30)18(16)20-25-12-26-27-20/h4-7,15H,8-12H2,1-3H3/q+1. The van der Waals surface area contributed by atoms with Gasteiger partial charge in [-0.25, -0.2) is 13.4 Å². The van der Waals surface area contributed by atoms with Crippen molar-refractivity contribution in [3.05, 3.63) is 51.4 Å². The predicted octanol–water partition coefficient (Wildman–Crippen LogP) is 4.09. The van der Waals surface area contributed by atoms with Crippen LogP contribution in [0.25, 0.3) is 5.57 Å². The first-order valence-electron chi connectivity index (χ1n) is 9.95. The van der Waals surface area contributed by atoms with E-state index < -0.39 is 32.9 Å². The molecule has 31 heavy (non-hydrogen) atoms. The van der Waals surface area contributed by atoms with E-state index in [0.717, 1.165) is 23.8 Å². The number of rotatable bonds is 4. The molecule has 1 saturated heterocycles. The van der Waals surface area contributed by atoms with Crippen LogP contribution in [0.2, 0.25) is 0 Å². The van der Waals surface area contributed by atoms with Crippen LogP contribution in [-0.2, 0) is 9.84 Å². The average molecular weight is 454 g/mol. The molecule has 0 saturated carbocycles. The highest BCUT2D eigenvalue weighted by Crippen LogP contribution is 2.45. The lowest BCUT2D eigenvalue weighted by atomic mass is 9.84. The zero-order valence-corrected chi connectivity index (χ0v) is 18.4. The van der Waals surface area contributed by atoms with Crippen molar-refractivity contribution >= 4 is 21.2 Å². The molecule has 0 spiro atoms. The van der Waals surface area contributed by atoms with E-state index >= 15 is 0 Å². The van der Waals surface area contributed by atoms with E-state index in [1.54, 1.807) is 0 Å². The van der Waals surface area contributed by atoms with Gasteiger partial charge in [-0.2, -0.15) is 18.3 Å². The Morgan fingerprint density at radius 1 is 1.06 bits per heavy atom. The molecule has 0 bridgehead atoms. The van der Waals surface area contributed by atoms with Crippen LogP contribution in [0.5, 0.6) is 0 Å². The summed E-state index contributed by atoms with van der Waals surface area (Å²) in [4.78, 5) is 3.32. The normalized spacial score (nSPS) is 22.1. The highest BCUT2D eigenvalue weighted by Gasteiger charge is 2.44. The molecule has 4 rings (SSSR count). The maximum Gasteiger partial charge on any atom is 0.413 e. The molecule has 6 nitrogen and oxygen atoms in total. The molecule has 0 aromatic heterocycles. The Balaban J connectivity index is 1.84. The van der Waals surface area contributed by atoms with Crippen LogP contribution in [0.15, 0.2) is 55.5 Å². The molecule has 0 radical (unpaired) electrons. The molecule has 10 heteroatoms. The number of likely N-dealkylation sites (N-methyl/N-ethyl adjacent to an activating group) is 1. The Morgan fingerprint density at radius 2 is 1.71 bits per heavy atom. The number of hydrogen-bond donors (Lipinski definition) is 0. The van der Waals surface area contributed by atoms with Gasteiger partial charge in [0.05, 0.1) is 43.6 Å². The zero-order valence-electron chi connectivity index (χ0n) is 17.6. The predicted molar refractivity (Wildman–Crippen MR) is 112 cm³/mol. The van der Waals surface area contributed by atoms with Crippen molar-refractivity contribution in [3.63, 3.8) is 0 Å². The molecule has 166 valence electrons. The lowest BCUT2D eigenvalue weighted by Crippen LogP contribution is -2.56. The number of benzene rings is 1. The first-order chi connectivity index (χ1) is 14.4. The molecule has 0 amide bonds. The number of azo groups is 1. The zero-order chi connectivity index (χ0) is 22.6. The fraction of sp³-hybridized carbons (Fsp3) is 0.476. The van der Waals surface area contributed by atoms with Gasteiger partial charge in [0.2, 0.25) is 0 Å². The monoisotopic (exact) mass is 453 g/mol. The summed E-state index contributed by atoms with van der Waals surface area (Å²) in [6.45, 7) is 2.03. The minimum atomic E-state index is -4.76. The second-order valence-electron chi connectivity index (χ2n) is 8.92. The van der Waals surface area contributed by atoms with Crippen LogP contribution in [0.1, 0.15) is 29.9 Å². The van der Waals surface area contributed by atoms with Gasteiger partial charge in [-0.1, -0.05) is 24.3 Å². The lowest BCUT2D eigenvalue weighted by Gasteiger charge is -2.44. The molecule has 1 aliphatic carbocycles. The Morgan fingerprint density at radius 3 is 2.19 bits per heavy atom. The van der Waals surface area contributed by atoms with Crippen molar-refractivity contribution in [1.29, 1.82) is 0 Å². The van der Waals surface area contributed by atoms with Crippen molar-refractivity contribution in [3.8, 4) is 0 Å².